The molecule has 0 spiro atoms. The first-order chi connectivity index (χ1) is 8.20. The Hall–Kier alpha value is 0.01000. The molecule has 17 heavy (non-hydrogen) atoms. The molecule has 1 N–H and O–H groups in total. The van der Waals surface area contributed by atoms with E-state index in [1.165, 1.54) is 40.3 Å². The lowest BCUT2D eigenvalue weighted by molar-refractivity contribution is 0.532. The van der Waals surface area contributed by atoms with Gasteiger partial charge in [0.25, 0.3) is 0 Å². The van der Waals surface area contributed by atoms with Crippen molar-refractivity contribution in [3.8, 4) is 0 Å². The standard InChI is InChI=1S/C14H23NS2/c1-4-16-14-7-5-6-13(14)15-9-12-8-10(2)17-11(12)3/h8,13-15H,4-7,9H2,1-3H3. The smallest absolute Gasteiger partial charge is 0.0219 e. The summed E-state index contributed by atoms with van der Waals surface area (Å²) < 4.78 is 0. The number of hydrogen-bond acceptors (Lipinski definition) is 3. The van der Waals surface area contributed by atoms with Crippen LogP contribution in [-0.4, -0.2) is 17.0 Å². The zero-order valence-electron chi connectivity index (χ0n) is 11.1. The van der Waals surface area contributed by atoms with Gasteiger partial charge in [-0.05, 0) is 44.1 Å². The topological polar surface area (TPSA) is 12.0 Å². The summed E-state index contributed by atoms with van der Waals surface area (Å²) in [6.07, 6.45) is 4.16. The maximum absolute atomic E-state index is 3.77. The second-order valence-electron chi connectivity index (χ2n) is 4.85. The molecule has 3 heteroatoms. The Morgan fingerprint density at radius 3 is 2.88 bits per heavy atom. The van der Waals surface area contributed by atoms with Gasteiger partial charge in [0.2, 0.25) is 0 Å². The molecule has 1 aliphatic carbocycles. The highest BCUT2D eigenvalue weighted by atomic mass is 32.2. The Labute approximate surface area is 113 Å². The summed E-state index contributed by atoms with van der Waals surface area (Å²) in [4.78, 5) is 2.91. The van der Waals surface area contributed by atoms with E-state index < -0.39 is 0 Å². The van der Waals surface area contributed by atoms with E-state index in [2.05, 4.69) is 43.9 Å². The molecule has 1 aromatic rings. The highest BCUT2D eigenvalue weighted by Crippen LogP contribution is 2.30. The van der Waals surface area contributed by atoms with E-state index in [9.17, 15) is 0 Å². The minimum absolute atomic E-state index is 0.736. The molecule has 1 saturated carbocycles. The molecule has 0 radical (unpaired) electrons. The predicted molar refractivity (Wildman–Crippen MR) is 80.2 cm³/mol. The molecule has 1 aromatic heterocycles. The summed E-state index contributed by atoms with van der Waals surface area (Å²) in [5.74, 6) is 1.25. The van der Waals surface area contributed by atoms with Gasteiger partial charge in [-0.2, -0.15) is 11.8 Å². The molecule has 0 aromatic carbocycles. The second-order valence-corrected chi connectivity index (χ2v) is 7.83. The van der Waals surface area contributed by atoms with Crippen LogP contribution in [0.1, 0.15) is 41.5 Å². The van der Waals surface area contributed by atoms with Gasteiger partial charge in [0.05, 0.1) is 0 Å². The molecule has 0 bridgehead atoms. The predicted octanol–water partition coefficient (Wildman–Crippen LogP) is 4.13. The lowest BCUT2D eigenvalue weighted by atomic mass is 10.2. The van der Waals surface area contributed by atoms with E-state index in [0.29, 0.717) is 0 Å². The number of aryl methyl sites for hydroxylation is 2. The molecule has 1 fully saturated rings. The van der Waals surface area contributed by atoms with Gasteiger partial charge < -0.3 is 5.32 Å². The van der Waals surface area contributed by atoms with Gasteiger partial charge in [-0.25, -0.2) is 0 Å². The normalized spacial score (nSPS) is 24.4. The Balaban J connectivity index is 1.87. The van der Waals surface area contributed by atoms with Crippen LogP contribution in [0.15, 0.2) is 6.07 Å². The summed E-state index contributed by atoms with van der Waals surface area (Å²) in [7, 11) is 0. The van der Waals surface area contributed by atoms with Crippen molar-refractivity contribution in [2.45, 2.75) is 57.9 Å². The van der Waals surface area contributed by atoms with Crippen LogP contribution >= 0.6 is 23.1 Å². The van der Waals surface area contributed by atoms with Crippen molar-refractivity contribution in [2.24, 2.45) is 0 Å². The third-order valence-corrected chi connectivity index (χ3v) is 5.87. The van der Waals surface area contributed by atoms with E-state index in [-0.39, 0.29) is 0 Å². The minimum atomic E-state index is 0.736. The molecule has 1 nitrogen and oxygen atoms in total. The van der Waals surface area contributed by atoms with Gasteiger partial charge in [0.15, 0.2) is 0 Å². The molecule has 0 aliphatic heterocycles. The average Bonchev–Trinajstić information content (AvgIpc) is 2.83. The van der Waals surface area contributed by atoms with Gasteiger partial charge >= 0.3 is 0 Å². The fraction of sp³-hybridized carbons (Fsp3) is 0.714. The fourth-order valence-electron chi connectivity index (χ4n) is 2.67. The van der Waals surface area contributed by atoms with Crippen LogP contribution in [0.3, 0.4) is 0 Å². The van der Waals surface area contributed by atoms with E-state index in [0.717, 1.165) is 17.8 Å². The molecule has 2 unspecified atom stereocenters. The minimum Gasteiger partial charge on any atom is -0.309 e. The molecule has 2 atom stereocenters. The van der Waals surface area contributed by atoms with Crippen LogP contribution in [0.2, 0.25) is 0 Å². The van der Waals surface area contributed by atoms with Gasteiger partial charge in [-0.1, -0.05) is 13.3 Å². The van der Waals surface area contributed by atoms with Crippen LogP contribution in [0, 0.1) is 13.8 Å². The van der Waals surface area contributed by atoms with Crippen molar-refractivity contribution >= 4 is 23.1 Å². The molecule has 1 aliphatic rings. The number of thioether (sulfide) groups is 1. The van der Waals surface area contributed by atoms with Crippen molar-refractivity contribution in [1.29, 1.82) is 0 Å². The number of nitrogens with one attached hydrogen (secondary N) is 1. The number of rotatable bonds is 5. The van der Waals surface area contributed by atoms with Gasteiger partial charge in [0, 0.05) is 27.6 Å². The summed E-state index contributed by atoms with van der Waals surface area (Å²) in [5, 5.41) is 4.62. The fourth-order valence-corrected chi connectivity index (χ4v) is 4.85. The van der Waals surface area contributed by atoms with E-state index in [1.54, 1.807) is 0 Å². The highest BCUT2D eigenvalue weighted by molar-refractivity contribution is 7.99. The quantitative estimate of drug-likeness (QED) is 0.862. The summed E-state index contributed by atoms with van der Waals surface area (Å²) >= 11 is 4.05. The number of hydrogen-bond donors (Lipinski definition) is 1. The Morgan fingerprint density at radius 1 is 1.41 bits per heavy atom. The maximum Gasteiger partial charge on any atom is 0.0219 e. The van der Waals surface area contributed by atoms with Crippen molar-refractivity contribution in [2.75, 3.05) is 5.75 Å². The van der Waals surface area contributed by atoms with Gasteiger partial charge in [0.1, 0.15) is 0 Å². The molecule has 96 valence electrons. The summed E-state index contributed by atoms with van der Waals surface area (Å²) in [6, 6.07) is 3.07. The zero-order valence-corrected chi connectivity index (χ0v) is 12.7. The van der Waals surface area contributed by atoms with Crippen molar-refractivity contribution in [1.82, 2.24) is 5.32 Å². The Kier molecular flexibility index (Phi) is 4.95. The van der Waals surface area contributed by atoms with E-state index >= 15 is 0 Å². The van der Waals surface area contributed by atoms with Gasteiger partial charge in [-0.15, -0.1) is 11.3 Å². The SMILES string of the molecule is CCSC1CCCC1NCc1cc(C)sc1C. The zero-order chi connectivity index (χ0) is 12.3. The van der Waals surface area contributed by atoms with E-state index in [4.69, 9.17) is 0 Å². The van der Waals surface area contributed by atoms with Crippen molar-refractivity contribution in [3.63, 3.8) is 0 Å². The van der Waals surface area contributed by atoms with Crippen LogP contribution in [0.25, 0.3) is 0 Å². The van der Waals surface area contributed by atoms with E-state index in [1.807, 2.05) is 11.3 Å². The largest absolute Gasteiger partial charge is 0.309 e. The summed E-state index contributed by atoms with van der Waals surface area (Å²) in [5.41, 5.74) is 1.50. The number of thiophene rings is 1. The first-order valence-electron chi connectivity index (χ1n) is 6.61. The molecule has 0 saturated heterocycles. The third-order valence-electron chi connectivity index (χ3n) is 3.53. The molecule has 0 amide bonds. The maximum atomic E-state index is 3.77. The molecular weight excluding hydrogens is 246 g/mol. The van der Waals surface area contributed by atoms with Crippen LogP contribution in [0.5, 0.6) is 0 Å². The molecular formula is C14H23NS2. The van der Waals surface area contributed by atoms with Gasteiger partial charge in [-0.3, -0.25) is 0 Å². The lowest BCUT2D eigenvalue weighted by Crippen LogP contribution is -2.33. The first kappa shape index (κ1) is 13.4. The molecule has 2 rings (SSSR count). The average molecular weight is 269 g/mol. The van der Waals surface area contributed by atoms with Crippen LogP contribution in [-0.2, 0) is 6.54 Å². The third kappa shape index (κ3) is 3.49. The Morgan fingerprint density at radius 2 is 2.24 bits per heavy atom. The second kappa shape index (κ2) is 6.26. The van der Waals surface area contributed by atoms with Crippen LogP contribution < -0.4 is 5.32 Å². The van der Waals surface area contributed by atoms with Crippen LogP contribution in [0.4, 0.5) is 0 Å². The first-order valence-corrected chi connectivity index (χ1v) is 8.48. The van der Waals surface area contributed by atoms with Crippen molar-refractivity contribution in [3.05, 3.63) is 21.4 Å². The monoisotopic (exact) mass is 269 g/mol. The summed E-state index contributed by atoms with van der Waals surface area (Å²) in [6.45, 7) is 7.77. The molecule has 1 heterocycles. The lowest BCUT2D eigenvalue weighted by Gasteiger charge is -2.20. The Bertz CT molecular complexity index is 359. The van der Waals surface area contributed by atoms with Crippen molar-refractivity contribution < 1.29 is 0 Å². The highest BCUT2D eigenvalue weighted by Gasteiger charge is 2.26.